The maximum atomic E-state index is 2.39. The first-order chi connectivity index (χ1) is 8.22. The molecule has 2 rings (SSSR count). The monoisotopic (exact) mass is 229 g/mol. The van der Waals surface area contributed by atoms with Crippen LogP contribution in [0.1, 0.15) is 44.0 Å². The molecule has 1 nitrogen and oxygen atoms in total. The van der Waals surface area contributed by atoms with E-state index in [4.69, 9.17) is 0 Å². The molecule has 0 N–H and O–H groups in total. The van der Waals surface area contributed by atoms with Crippen molar-refractivity contribution in [3.63, 3.8) is 0 Å². The van der Waals surface area contributed by atoms with Gasteiger partial charge in [-0.15, -0.1) is 0 Å². The van der Waals surface area contributed by atoms with E-state index in [9.17, 15) is 0 Å². The Kier molecular flexibility index (Phi) is 3.56. The molecule has 1 heterocycles. The van der Waals surface area contributed by atoms with Crippen LogP contribution in [0.5, 0.6) is 0 Å². The summed E-state index contributed by atoms with van der Waals surface area (Å²) < 4.78 is 2.37. The van der Waals surface area contributed by atoms with Crippen LogP contribution in [0.25, 0.3) is 10.9 Å². The third-order valence-corrected chi connectivity index (χ3v) is 3.74. The predicted molar refractivity (Wildman–Crippen MR) is 75.7 cm³/mol. The molecule has 0 aliphatic carbocycles. The summed E-state index contributed by atoms with van der Waals surface area (Å²) in [6.07, 6.45) is 4.68. The first-order valence-corrected chi connectivity index (χ1v) is 6.81. The predicted octanol–water partition coefficient (Wildman–Crippen LogP) is 4.26. The van der Waals surface area contributed by atoms with Crippen LogP contribution in [0, 0.1) is 0 Å². The summed E-state index contributed by atoms with van der Waals surface area (Å²) in [5.74, 6) is 0. The van der Waals surface area contributed by atoms with Gasteiger partial charge in [0.2, 0.25) is 0 Å². The van der Waals surface area contributed by atoms with Gasteiger partial charge in [0.05, 0.1) is 0 Å². The van der Waals surface area contributed by atoms with Gasteiger partial charge in [-0.1, -0.05) is 33.3 Å². The Morgan fingerprint density at radius 3 is 2.41 bits per heavy atom. The molecule has 1 aromatic carbocycles. The molecule has 1 aromatic heterocycles. The molecule has 0 radical (unpaired) electrons. The largest absolute Gasteiger partial charge is 0.347 e. The standard InChI is InChI=1S/C16H23N/c1-5-8-13-14-11-12(6-2)9-10-16(14)17(4)15(13)7-3/h9-11H,5-8H2,1-4H3. The molecule has 0 aliphatic rings. The minimum Gasteiger partial charge on any atom is -0.347 e. The summed E-state index contributed by atoms with van der Waals surface area (Å²) >= 11 is 0. The SMILES string of the molecule is CCCc1c(CC)n(C)c2ccc(CC)cc12. The van der Waals surface area contributed by atoms with Crippen LogP contribution in [0.2, 0.25) is 0 Å². The lowest BCUT2D eigenvalue weighted by atomic mass is 10.0. The van der Waals surface area contributed by atoms with Gasteiger partial charge in [-0.25, -0.2) is 0 Å². The first-order valence-electron chi connectivity index (χ1n) is 6.81. The second-order valence-corrected chi connectivity index (χ2v) is 4.79. The maximum absolute atomic E-state index is 2.39. The molecule has 0 atom stereocenters. The van der Waals surface area contributed by atoms with E-state index in [0.717, 1.165) is 12.8 Å². The van der Waals surface area contributed by atoms with Crippen molar-refractivity contribution in [2.24, 2.45) is 7.05 Å². The Hall–Kier alpha value is -1.24. The first kappa shape index (κ1) is 12.2. The molecule has 2 aromatic rings. The van der Waals surface area contributed by atoms with E-state index in [1.165, 1.54) is 35.0 Å². The fourth-order valence-electron chi connectivity index (χ4n) is 2.82. The molecule has 0 aliphatic heterocycles. The summed E-state index contributed by atoms with van der Waals surface area (Å²) in [5, 5.41) is 1.48. The molecule has 1 heteroatoms. The van der Waals surface area contributed by atoms with Crippen molar-refractivity contribution in [3.05, 3.63) is 35.0 Å². The highest BCUT2D eigenvalue weighted by molar-refractivity contribution is 5.86. The summed E-state index contributed by atoms with van der Waals surface area (Å²) in [4.78, 5) is 0. The van der Waals surface area contributed by atoms with Crippen molar-refractivity contribution < 1.29 is 0 Å². The summed E-state index contributed by atoms with van der Waals surface area (Å²) in [7, 11) is 2.20. The molecular weight excluding hydrogens is 206 g/mol. The molecule has 0 unspecified atom stereocenters. The van der Waals surface area contributed by atoms with Gasteiger partial charge in [-0.05, 0) is 42.5 Å². The van der Waals surface area contributed by atoms with Crippen molar-refractivity contribution in [1.82, 2.24) is 4.57 Å². The van der Waals surface area contributed by atoms with Crippen molar-refractivity contribution in [1.29, 1.82) is 0 Å². The number of fused-ring (bicyclic) bond motifs is 1. The average Bonchev–Trinajstić information content (AvgIpc) is 2.62. The number of hydrogen-bond donors (Lipinski definition) is 0. The van der Waals surface area contributed by atoms with E-state index in [1.807, 2.05) is 0 Å². The summed E-state index contributed by atoms with van der Waals surface area (Å²) in [5.41, 5.74) is 5.92. The van der Waals surface area contributed by atoms with Gasteiger partial charge in [0, 0.05) is 23.6 Å². The smallest absolute Gasteiger partial charge is 0.0482 e. The van der Waals surface area contributed by atoms with E-state index in [0.29, 0.717) is 0 Å². The van der Waals surface area contributed by atoms with Gasteiger partial charge in [0.15, 0.2) is 0 Å². The van der Waals surface area contributed by atoms with E-state index >= 15 is 0 Å². The molecule has 0 amide bonds. The zero-order valence-corrected chi connectivity index (χ0v) is 11.5. The number of aryl methyl sites for hydroxylation is 3. The van der Waals surface area contributed by atoms with Gasteiger partial charge in [0.1, 0.15) is 0 Å². The molecule has 0 saturated carbocycles. The molecule has 17 heavy (non-hydrogen) atoms. The van der Waals surface area contributed by atoms with Crippen LogP contribution < -0.4 is 0 Å². The van der Waals surface area contributed by atoms with Gasteiger partial charge < -0.3 is 4.57 Å². The van der Waals surface area contributed by atoms with Crippen LogP contribution in [-0.2, 0) is 26.3 Å². The number of nitrogens with zero attached hydrogens (tertiary/aromatic N) is 1. The quantitative estimate of drug-likeness (QED) is 0.738. The lowest BCUT2D eigenvalue weighted by Gasteiger charge is -2.03. The number of rotatable bonds is 4. The van der Waals surface area contributed by atoms with Crippen molar-refractivity contribution in [2.45, 2.75) is 46.5 Å². The van der Waals surface area contributed by atoms with Gasteiger partial charge in [0.25, 0.3) is 0 Å². The van der Waals surface area contributed by atoms with Crippen LogP contribution in [-0.4, -0.2) is 4.57 Å². The van der Waals surface area contributed by atoms with E-state index in [2.05, 4.69) is 50.6 Å². The van der Waals surface area contributed by atoms with Gasteiger partial charge in [-0.2, -0.15) is 0 Å². The number of aromatic nitrogens is 1. The average molecular weight is 229 g/mol. The third-order valence-electron chi connectivity index (χ3n) is 3.74. The van der Waals surface area contributed by atoms with E-state index in [-0.39, 0.29) is 0 Å². The third kappa shape index (κ3) is 1.99. The van der Waals surface area contributed by atoms with Crippen LogP contribution in [0.3, 0.4) is 0 Å². The Morgan fingerprint density at radius 1 is 1.06 bits per heavy atom. The highest BCUT2D eigenvalue weighted by Crippen LogP contribution is 2.28. The highest BCUT2D eigenvalue weighted by Gasteiger charge is 2.12. The van der Waals surface area contributed by atoms with Gasteiger partial charge >= 0.3 is 0 Å². The van der Waals surface area contributed by atoms with E-state index < -0.39 is 0 Å². The summed E-state index contributed by atoms with van der Waals surface area (Å²) in [6, 6.07) is 6.93. The molecule has 0 saturated heterocycles. The minimum atomic E-state index is 1.12. The lowest BCUT2D eigenvalue weighted by Crippen LogP contribution is -1.97. The van der Waals surface area contributed by atoms with Crippen LogP contribution in [0.15, 0.2) is 18.2 Å². The minimum absolute atomic E-state index is 1.12. The fraction of sp³-hybridized carbons (Fsp3) is 0.500. The second kappa shape index (κ2) is 4.95. The van der Waals surface area contributed by atoms with Gasteiger partial charge in [-0.3, -0.25) is 0 Å². The van der Waals surface area contributed by atoms with Crippen molar-refractivity contribution >= 4 is 10.9 Å². The van der Waals surface area contributed by atoms with Crippen LogP contribution in [0.4, 0.5) is 0 Å². The normalized spacial score (nSPS) is 11.3. The molecule has 0 fully saturated rings. The lowest BCUT2D eigenvalue weighted by molar-refractivity contribution is 0.826. The Bertz CT molecular complexity index is 520. The summed E-state index contributed by atoms with van der Waals surface area (Å²) in [6.45, 7) is 6.75. The number of benzene rings is 1. The Labute approximate surface area is 104 Å². The van der Waals surface area contributed by atoms with Crippen LogP contribution >= 0.6 is 0 Å². The highest BCUT2D eigenvalue weighted by atomic mass is 14.9. The Balaban J connectivity index is 2.71. The molecule has 92 valence electrons. The number of hydrogen-bond acceptors (Lipinski definition) is 0. The fourth-order valence-corrected chi connectivity index (χ4v) is 2.82. The van der Waals surface area contributed by atoms with Crippen molar-refractivity contribution in [3.8, 4) is 0 Å². The van der Waals surface area contributed by atoms with E-state index in [1.54, 1.807) is 5.56 Å². The molecular formula is C16H23N. The maximum Gasteiger partial charge on any atom is 0.0482 e. The van der Waals surface area contributed by atoms with Crippen molar-refractivity contribution in [2.75, 3.05) is 0 Å². The zero-order chi connectivity index (χ0) is 12.4. The Morgan fingerprint density at radius 2 is 1.82 bits per heavy atom. The molecule has 0 spiro atoms. The topological polar surface area (TPSA) is 4.93 Å². The zero-order valence-electron chi connectivity index (χ0n) is 11.5. The molecule has 0 bridgehead atoms. The second-order valence-electron chi connectivity index (χ2n) is 4.79.